The third-order valence-electron chi connectivity index (χ3n) is 1.05. The molecule has 0 amide bonds. The van der Waals surface area contributed by atoms with Crippen molar-refractivity contribution in [1.82, 2.24) is 14.8 Å². The van der Waals surface area contributed by atoms with Crippen LogP contribution in [0, 0.1) is 6.92 Å². The number of carbonyl (C=O) groups excluding carboxylic acids is 1. The van der Waals surface area contributed by atoms with E-state index in [9.17, 15) is 9.90 Å². The monoisotopic (exact) mass is 147 g/mol. The van der Waals surface area contributed by atoms with Crippen LogP contribution in [-0.4, -0.2) is 20.7 Å². The van der Waals surface area contributed by atoms with Crippen LogP contribution >= 0.6 is 0 Å². The Hall–Kier alpha value is -0.793. The summed E-state index contributed by atoms with van der Waals surface area (Å²) in [4.78, 5) is 13.8. The standard InChI is InChI=1S/C5H7N3O2.Li/c1-3-6-4(5(9)10)8(2)7-3;/h1-2H3,(H,9,10);/q;+1/p-1. The van der Waals surface area contributed by atoms with Crippen LogP contribution < -0.4 is 24.0 Å². The molecule has 0 aromatic carbocycles. The smallest absolute Gasteiger partial charge is 0.542 e. The zero-order valence-electron chi connectivity index (χ0n) is 6.66. The Morgan fingerprint density at radius 3 is 2.36 bits per heavy atom. The molecule has 0 unspecified atom stereocenters. The fourth-order valence-electron chi connectivity index (χ4n) is 0.690. The number of nitrogens with zero attached hydrogens (tertiary/aromatic N) is 3. The molecule has 0 bridgehead atoms. The van der Waals surface area contributed by atoms with E-state index in [4.69, 9.17) is 0 Å². The number of aromatic carboxylic acids is 1. The molecule has 54 valence electrons. The molecule has 0 fully saturated rings. The van der Waals surface area contributed by atoms with Crippen LogP contribution in [0.4, 0.5) is 0 Å². The van der Waals surface area contributed by atoms with Gasteiger partial charge in [0.15, 0.2) is 5.82 Å². The van der Waals surface area contributed by atoms with Gasteiger partial charge in [0.25, 0.3) is 0 Å². The number of hydrogen-bond acceptors (Lipinski definition) is 4. The topological polar surface area (TPSA) is 70.8 Å². The van der Waals surface area contributed by atoms with Crippen LogP contribution in [0.2, 0.25) is 0 Å². The fraction of sp³-hybridized carbons (Fsp3) is 0.400. The van der Waals surface area contributed by atoms with E-state index in [0.29, 0.717) is 5.82 Å². The summed E-state index contributed by atoms with van der Waals surface area (Å²) in [6.07, 6.45) is 0. The third kappa shape index (κ3) is 2.07. The maximum absolute atomic E-state index is 10.2. The molecule has 0 aliphatic heterocycles. The maximum Gasteiger partial charge on any atom is 1.00 e. The van der Waals surface area contributed by atoms with E-state index in [1.54, 1.807) is 6.92 Å². The van der Waals surface area contributed by atoms with Gasteiger partial charge in [-0.2, -0.15) is 5.10 Å². The van der Waals surface area contributed by atoms with Crippen LogP contribution in [0.5, 0.6) is 0 Å². The number of carbonyl (C=O) groups is 1. The SMILES string of the molecule is Cc1nc(C(=O)[O-])n(C)n1.[Li+]. The van der Waals surface area contributed by atoms with Crippen LogP contribution in [-0.2, 0) is 7.05 Å². The second-order valence-electron chi connectivity index (χ2n) is 1.89. The van der Waals surface area contributed by atoms with Crippen molar-refractivity contribution in [3.05, 3.63) is 11.6 Å². The molecule has 0 aliphatic rings. The molecule has 0 N–H and O–H groups in total. The van der Waals surface area contributed by atoms with E-state index in [0.717, 1.165) is 0 Å². The van der Waals surface area contributed by atoms with Gasteiger partial charge in [-0.1, -0.05) is 0 Å². The summed E-state index contributed by atoms with van der Waals surface area (Å²) >= 11 is 0. The summed E-state index contributed by atoms with van der Waals surface area (Å²) in [5.41, 5.74) is 0. The van der Waals surface area contributed by atoms with Gasteiger partial charge in [0, 0.05) is 7.05 Å². The Bertz CT molecular complexity index is 271. The molecule has 5 nitrogen and oxygen atoms in total. The number of aromatic nitrogens is 3. The van der Waals surface area contributed by atoms with Crippen molar-refractivity contribution >= 4 is 5.97 Å². The minimum absolute atomic E-state index is 0. The molecule has 1 rings (SSSR count). The summed E-state index contributed by atoms with van der Waals surface area (Å²) in [7, 11) is 1.51. The first-order valence-electron chi connectivity index (χ1n) is 2.70. The van der Waals surface area contributed by atoms with Crippen molar-refractivity contribution in [3.63, 3.8) is 0 Å². The largest absolute Gasteiger partial charge is 1.00 e. The van der Waals surface area contributed by atoms with Gasteiger partial charge in [-0.3, -0.25) is 0 Å². The van der Waals surface area contributed by atoms with Gasteiger partial charge in [0.1, 0.15) is 11.8 Å². The van der Waals surface area contributed by atoms with Gasteiger partial charge in [-0.25, -0.2) is 9.67 Å². The van der Waals surface area contributed by atoms with Crippen molar-refractivity contribution in [3.8, 4) is 0 Å². The summed E-state index contributed by atoms with van der Waals surface area (Å²) in [5, 5.41) is 13.9. The third-order valence-corrected chi connectivity index (χ3v) is 1.05. The molecule has 0 saturated carbocycles. The van der Waals surface area contributed by atoms with Crippen molar-refractivity contribution in [1.29, 1.82) is 0 Å². The molecule has 1 aromatic rings. The molecule has 1 aromatic heterocycles. The van der Waals surface area contributed by atoms with Crippen LogP contribution in [0.25, 0.3) is 0 Å². The minimum Gasteiger partial charge on any atom is -0.542 e. The van der Waals surface area contributed by atoms with Crippen molar-refractivity contribution < 1.29 is 28.8 Å². The quantitative estimate of drug-likeness (QED) is 0.375. The Morgan fingerprint density at radius 1 is 1.64 bits per heavy atom. The zero-order chi connectivity index (χ0) is 7.72. The normalized spacial score (nSPS) is 8.91. The minimum atomic E-state index is -1.30. The molecule has 0 atom stereocenters. The first-order valence-corrected chi connectivity index (χ1v) is 2.70. The molecule has 11 heavy (non-hydrogen) atoms. The number of aryl methyl sites for hydroxylation is 2. The maximum atomic E-state index is 10.2. The van der Waals surface area contributed by atoms with Gasteiger partial charge in [0.05, 0.1) is 0 Å². The van der Waals surface area contributed by atoms with Gasteiger partial charge in [-0.15, -0.1) is 0 Å². The number of hydrogen-bond donors (Lipinski definition) is 0. The first kappa shape index (κ1) is 10.2. The van der Waals surface area contributed by atoms with Crippen LogP contribution in [0.1, 0.15) is 16.4 Å². The Kier molecular flexibility index (Phi) is 3.30. The van der Waals surface area contributed by atoms with E-state index in [1.807, 2.05) is 0 Å². The summed E-state index contributed by atoms with van der Waals surface area (Å²) in [5.74, 6) is -1.01. The molecular weight excluding hydrogens is 141 g/mol. The average Bonchev–Trinajstić information content (AvgIpc) is 2.10. The number of carboxylic acids is 1. The van der Waals surface area contributed by atoms with E-state index in [1.165, 1.54) is 11.7 Å². The molecule has 0 spiro atoms. The molecule has 1 heterocycles. The van der Waals surface area contributed by atoms with Gasteiger partial charge in [-0.05, 0) is 6.92 Å². The molecular formula is C5H6LiN3O2. The predicted molar refractivity (Wildman–Crippen MR) is 30.1 cm³/mol. The molecule has 0 aliphatic carbocycles. The second kappa shape index (κ2) is 3.56. The summed E-state index contributed by atoms with van der Waals surface area (Å²) < 4.78 is 1.17. The van der Waals surface area contributed by atoms with Crippen molar-refractivity contribution in [2.75, 3.05) is 0 Å². The first-order chi connectivity index (χ1) is 4.61. The summed E-state index contributed by atoms with van der Waals surface area (Å²) in [6.45, 7) is 1.62. The zero-order valence-corrected chi connectivity index (χ0v) is 6.66. The molecule has 0 radical (unpaired) electrons. The van der Waals surface area contributed by atoms with Gasteiger partial charge < -0.3 is 9.90 Å². The predicted octanol–water partition coefficient (Wildman–Crippen LogP) is -4.51. The Balaban J connectivity index is 0.000001000. The van der Waals surface area contributed by atoms with Gasteiger partial charge >= 0.3 is 18.9 Å². The molecule has 6 heteroatoms. The van der Waals surface area contributed by atoms with Crippen LogP contribution in [0.15, 0.2) is 0 Å². The van der Waals surface area contributed by atoms with Crippen molar-refractivity contribution in [2.45, 2.75) is 6.92 Å². The molecule has 0 saturated heterocycles. The van der Waals surface area contributed by atoms with Crippen molar-refractivity contribution in [2.24, 2.45) is 7.05 Å². The number of rotatable bonds is 1. The second-order valence-corrected chi connectivity index (χ2v) is 1.89. The van der Waals surface area contributed by atoms with E-state index in [-0.39, 0.29) is 24.7 Å². The number of carboxylic acid groups (broad SMARTS) is 1. The van der Waals surface area contributed by atoms with E-state index >= 15 is 0 Å². The Morgan fingerprint density at radius 2 is 2.18 bits per heavy atom. The average molecular weight is 147 g/mol. The van der Waals surface area contributed by atoms with Crippen LogP contribution in [0.3, 0.4) is 0 Å². The van der Waals surface area contributed by atoms with Gasteiger partial charge in [0.2, 0.25) is 0 Å². The fourth-order valence-corrected chi connectivity index (χ4v) is 0.690. The van der Waals surface area contributed by atoms with E-state index < -0.39 is 5.97 Å². The Labute approximate surface area is 75.6 Å². The summed E-state index contributed by atoms with van der Waals surface area (Å²) in [6, 6.07) is 0. The van der Waals surface area contributed by atoms with E-state index in [2.05, 4.69) is 10.1 Å².